The minimum Gasteiger partial charge on any atom is -0.436 e. The van der Waals surface area contributed by atoms with E-state index in [2.05, 4.69) is 9.97 Å². The van der Waals surface area contributed by atoms with Crippen molar-refractivity contribution in [2.75, 3.05) is 19.6 Å². The summed E-state index contributed by atoms with van der Waals surface area (Å²) in [6.07, 6.45) is -5.74. The molecular weight excluding hydrogens is 491 g/mol. The predicted octanol–water partition coefficient (Wildman–Crippen LogP) is 3.12. The number of primary amides is 1. The van der Waals surface area contributed by atoms with Crippen molar-refractivity contribution >= 4 is 17.8 Å². The molecule has 3 rings (SSSR count). The summed E-state index contributed by atoms with van der Waals surface area (Å²) in [4.78, 5) is 49.5. The van der Waals surface area contributed by atoms with E-state index in [9.17, 15) is 27.6 Å². The third kappa shape index (κ3) is 6.77. The van der Waals surface area contributed by atoms with E-state index in [1.54, 1.807) is 11.8 Å². The van der Waals surface area contributed by atoms with Crippen LogP contribution < -0.4 is 5.73 Å². The van der Waals surface area contributed by atoms with Crippen molar-refractivity contribution in [2.45, 2.75) is 85.2 Å². The number of ketones is 1. The van der Waals surface area contributed by atoms with Gasteiger partial charge in [0, 0.05) is 38.0 Å². The quantitative estimate of drug-likeness (QED) is 0.579. The number of halogens is 3. The lowest BCUT2D eigenvalue weighted by Crippen LogP contribution is -2.57. The molecule has 0 aliphatic carbocycles. The van der Waals surface area contributed by atoms with Gasteiger partial charge in [0.2, 0.25) is 5.91 Å². The number of hydrogen-bond acceptors (Lipinski definition) is 7. The van der Waals surface area contributed by atoms with Gasteiger partial charge in [0.25, 0.3) is 0 Å². The van der Waals surface area contributed by atoms with Crippen LogP contribution in [0.15, 0.2) is 0 Å². The van der Waals surface area contributed by atoms with Crippen molar-refractivity contribution in [1.82, 2.24) is 19.8 Å². The van der Waals surface area contributed by atoms with E-state index >= 15 is 0 Å². The van der Waals surface area contributed by atoms with Crippen LogP contribution in [0.3, 0.4) is 0 Å². The molecule has 1 unspecified atom stereocenters. The van der Waals surface area contributed by atoms with Crippen molar-refractivity contribution in [3.8, 4) is 0 Å². The molecule has 0 spiro atoms. The Kier molecular flexibility index (Phi) is 8.50. The average molecular weight is 528 g/mol. The first-order valence-electron chi connectivity index (χ1n) is 12.6. The van der Waals surface area contributed by atoms with Crippen LogP contribution in [0.2, 0.25) is 0 Å². The SMILES string of the molecule is CCc1nc2c(c(C(F)(F)F)n1)CCN(C(C(=O)[C@H](CN1C[C@H](C)CCC1=O)OC(N)=O)C(C)(C)C)C2. The molecule has 0 saturated carbocycles. The number of nitrogens with two attached hydrogens (primary N) is 1. The third-order valence-electron chi connectivity index (χ3n) is 6.88. The summed E-state index contributed by atoms with van der Waals surface area (Å²) in [6, 6.07) is -0.836. The van der Waals surface area contributed by atoms with Crippen molar-refractivity contribution in [3.63, 3.8) is 0 Å². The molecule has 206 valence electrons. The maximum Gasteiger partial charge on any atom is 0.433 e. The molecule has 2 aliphatic rings. The van der Waals surface area contributed by atoms with Crippen LogP contribution in [-0.2, 0) is 39.9 Å². The minimum absolute atomic E-state index is 0.00454. The molecule has 1 aromatic rings. The Hall–Kier alpha value is -2.76. The lowest BCUT2D eigenvalue weighted by atomic mass is 9.80. The molecule has 3 heterocycles. The zero-order chi connectivity index (χ0) is 27.7. The standard InChI is InChI=1S/C25H36F3N5O4/c1-6-18-30-16-12-32(10-9-15(16)21(31-18)25(26,27)28)22(24(3,4)5)20(35)17(37-23(29)36)13-33-11-14(2)7-8-19(33)34/h14,17,22H,6-13H2,1-5H3,(H2,29,36)/t14-,17+,22?/m1/s1. The van der Waals surface area contributed by atoms with Crippen LogP contribution in [0.4, 0.5) is 18.0 Å². The monoisotopic (exact) mass is 527 g/mol. The van der Waals surface area contributed by atoms with Crippen molar-refractivity contribution in [3.05, 3.63) is 22.8 Å². The lowest BCUT2D eigenvalue weighted by molar-refractivity contribution is -0.145. The highest BCUT2D eigenvalue weighted by Crippen LogP contribution is 2.36. The van der Waals surface area contributed by atoms with Gasteiger partial charge < -0.3 is 15.4 Å². The summed E-state index contributed by atoms with van der Waals surface area (Å²) >= 11 is 0. The fourth-order valence-electron chi connectivity index (χ4n) is 5.24. The second-order valence-electron chi connectivity index (χ2n) is 11.0. The zero-order valence-corrected chi connectivity index (χ0v) is 22.0. The van der Waals surface area contributed by atoms with Crippen molar-refractivity contribution in [1.29, 1.82) is 0 Å². The molecule has 2 N–H and O–H groups in total. The fraction of sp³-hybridized carbons (Fsp3) is 0.720. The Bertz CT molecular complexity index is 1040. The molecular formula is C25H36F3N5O4. The number of fused-ring (bicyclic) bond motifs is 1. The number of aromatic nitrogens is 2. The van der Waals surface area contributed by atoms with Gasteiger partial charge in [-0.15, -0.1) is 0 Å². The summed E-state index contributed by atoms with van der Waals surface area (Å²) in [5.74, 6) is -0.276. The van der Waals surface area contributed by atoms with Crippen LogP contribution in [0.25, 0.3) is 0 Å². The van der Waals surface area contributed by atoms with Gasteiger partial charge in [0.05, 0.1) is 18.3 Å². The molecule has 0 bridgehead atoms. The van der Waals surface area contributed by atoms with Gasteiger partial charge >= 0.3 is 12.3 Å². The molecule has 12 heteroatoms. The molecule has 1 saturated heterocycles. The second kappa shape index (κ2) is 10.9. The molecule has 9 nitrogen and oxygen atoms in total. The Morgan fingerprint density at radius 2 is 1.86 bits per heavy atom. The molecule has 1 aromatic heterocycles. The van der Waals surface area contributed by atoms with Gasteiger partial charge in [0.15, 0.2) is 17.6 Å². The van der Waals surface area contributed by atoms with E-state index in [-0.39, 0.29) is 61.4 Å². The minimum atomic E-state index is -4.61. The molecule has 0 radical (unpaired) electrons. The number of rotatable bonds is 7. The average Bonchev–Trinajstić information content (AvgIpc) is 2.78. The Morgan fingerprint density at radius 1 is 1.19 bits per heavy atom. The lowest BCUT2D eigenvalue weighted by Gasteiger charge is -2.43. The van der Waals surface area contributed by atoms with Crippen LogP contribution >= 0.6 is 0 Å². The van der Waals surface area contributed by atoms with E-state index in [1.165, 1.54) is 4.90 Å². The predicted molar refractivity (Wildman–Crippen MR) is 128 cm³/mol. The Labute approximate surface area is 214 Å². The molecule has 3 atom stereocenters. The summed E-state index contributed by atoms with van der Waals surface area (Å²) in [6.45, 7) is 9.64. The Morgan fingerprint density at radius 3 is 2.43 bits per heavy atom. The van der Waals surface area contributed by atoms with Gasteiger partial charge in [-0.25, -0.2) is 14.8 Å². The maximum atomic E-state index is 13.9. The van der Waals surface area contributed by atoms with Gasteiger partial charge in [0.1, 0.15) is 5.82 Å². The number of piperidine rings is 1. The van der Waals surface area contributed by atoms with E-state index in [4.69, 9.17) is 10.5 Å². The molecule has 0 aromatic carbocycles. The normalized spacial score (nSPS) is 20.8. The third-order valence-corrected chi connectivity index (χ3v) is 6.88. The van der Waals surface area contributed by atoms with Crippen LogP contribution in [0.5, 0.6) is 0 Å². The maximum absolute atomic E-state index is 13.9. The van der Waals surface area contributed by atoms with E-state index in [0.717, 1.165) is 6.42 Å². The number of Topliss-reactive ketones (excluding diaryl/α,β-unsaturated/α-hetero) is 1. The van der Waals surface area contributed by atoms with E-state index in [1.807, 2.05) is 27.7 Å². The largest absolute Gasteiger partial charge is 0.436 e. The number of aryl methyl sites for hydroxylation is 1. The number of likely N-dealkylation sites (tertiary alicyclic amines) is 1. The van der Waals surface area contributed by atoms with Crippen LogP contribution in [0.1, 0.15) is 70.2 Å². The van der Waals surface area contributed by atoms with Gasteiger partial charge in [-0.1, -0.05) is 34.6 Å². The summed E-state index contributed by atoms with van der Waals surface area (Å²) in [5, 5.41) is 0. The fourth-order valence-corrected chi connectivity index (χ4v) is 5.24. The molecule has 2 amide bonds. The highest BCUT2D eigenvalue weighted by molar-refractivity contribution is 5.91. The van der Waals surface area contributed by atoms with Gasteiger partial charge in [-0.3, -0.25) is 14.5 Å². The number of carbonyl (C=O) groups is 3. The highest BCUT2D eigenvalue weighted by Gasteiger charge is 2.45. The number of nitrogens with zero attached hydrogens (tertiary/aromatic N) is 4. The molecule has 1 fully saturated rings. The van der Waals surface area contributed by atoms with Crippen LogP contribution in [-0.4, -0.2) is 69.3 Å². The topological polar surface area (TPSA) is 119 Å². The number of ether oxygens (including phenoxy) is 1. The number of alkyl halides is 3. The highest BCUT2D eigenvalue weighted by atomic mass is 19.4. The number of carbonyl (C=O) groups excluding carboxylic acids is 3. The van der Waals surface area contributed by atoms with Crippen molar-refractivity contribution < 1.29 is 32.3 Å². The summed E-state index contributed by atoms with van der Waals surface area (Å²) in [5.41, 5.74) is 3.95. The second-order valence-corrected chi connectivity index (χ2v) is 11.0. The molecule has 37 heavy (non-hydrogen) atoms. The first-order chi connectivity index (χ1) is 17.1. The van der Waals surface area contributed by atoms with E-state index < -0.39 is 41.3 Å². The first kappa shape index (κ1) is 28.8. The van der Waals surface area contributed by atoms with Gasteiger partial charge in [-0.2, -0.15) is 13.2 Å². The van der Waals surface area contributed by atoms with Crippen molar-refractivity contribution in [2.24, 2.45) is 17.1 Å². The number of hydrogen-bond donors (Lipinski definition) is 1. The van der Waals surface area contributed by atoms with Gasteiger partial charge in [-0.05, 0) is 24.2 Å². The summed E-state index contributed by atoms with van der Waals surface area (Å²) < 4.78 is 46.4. The first-order valence-corrected chi connectivity index (χ1v) is 12.6. The van der Waals surface area contributed by atoms with Crippen LogP contribution in [0, 0.1) is 11.3 Å². The van der Waals surface area contributed by atoms with E-state index in [0.29, 0.717) is 13.0 Å². The zero-order valence-electron chi connectivity index (χ0n) is 22.0. The number of amides is 2. The molecule has 2 aliphatic heterocycles. The Balaban J connectivity index is 1.94. The smallest absolute Gasteiger partial charge is 0.433 e. The summed E-state index contributed by atoms with van der Waals surface area (Å²) in [7, 11) is 0.